The number of likely N-dealkylation sites (tertiary alicyclic amines) is 1. The van der Waals surface area contributed by atoms with Crippen LogP contribution >= 0.6 is 0 Å². The zero-order valence-electron chi connectivity index (χ0n) is 17.6. The number of carbonyl (C=O) groups excluding carboxylic acids is 2. The third-order valence-electron chi connectivity index (χ3n) is 5.38. The molecule has 0 radical (unpaired) electrons. The van der Waals surface area contributed by atoms with Crippen LogP contribution in [0.15, 0.2) is 48.5 Å². The number of hydrogen-bond acceptors (Lipinski definition) is 5. The van der Waals surface area contributed by atoms with Gasteiger partial charge in [-0.05, 0) is 49.4 Å². The summed E-state index contributed by atoms with van der Waals surface area (Å²) in [7, 11) is 1.52. The van der Waals surface area contributed by atoms with Gasteiger partial charge in [-0.15, -0.1) is 0 Å². The molecule has 6 heteroatoms. The molecule has 1 aliphatic rings. The molecule has 3 rings (SSSR count). The smallest absolute Gasteiger partial charge is 0.338 e. The summed E-state index contributed by atoms with van der Waals surface area (Å²) in [6.07, 6.45) is 4.07. The van der Waals surface area contributed by atoms with Crippen LogP contribution in [0.1, 0.15) is 48.5 Å². The van der Waals surface area contributed by atoms with E-state index in [-0.39, 0.29) is 18.6 Å². The molecule has 6 nitrogen and oxygen atoms in total. The van der Waals surface area contributed by atoms with Crippen molar-refractivity contribution in [2.24, 2.45) is 0 Å². The normalized spacial score (nSPS) is 16.1. The molecular formula is C24H29NO5. The molecule has 0 bridgehead atoms. The van der Waals surface area contributed by atoms with Gasteiger partial charge in [0.1, 0.15) is 6.61 Å². The summed E-state index contributed by atoms with van der Waals surface area (Å²) < 4.78 is 16.5. The Bertz CT molecular complexity index is 852. The fraction of sp³-hybridized carbons (Fsp3) is 0.417. The van der Waals surface area contributed by atoms with Crippen LogP contribution in [-0.2, 0) is 16.1 Å². The van der Waals surface area contributed by atoms with Crippen LogP contribution in [0.5, 0.6) is 11.5 Å². The molecule has 30 heavy (non-hydrogen) atoms. The lowest BCUT2D eigenvalue weighted by Crippen LogP contribution is -2.45. The summed E-state index contributed by atoms with van der Waals surface area (Å²) in [5.74, 6) is 0.285. The van der Waals surface area contributed by atoms with Crippen molar-refractivity contribution in [1.29, 1.82) is 0 Å². The maximum absolute atomic E-state index is 12.5. The van der Waals surface area contributed by atoms with Gasteiger partial charge in [-0.3, -0.25) is 4.79 Å². The van der Waals surface area contributed by atoms with E-state index in [1.165, 1.54) is 7.11 Å². The summed E-state index contributed by atoms with van der Waals surface area (Å²) in [6.45, 7) is 2.96. The van der Waals surface area contributed by atoms with Gasteiger partial charge in [0, 0.05) is 12.6 Å². The van der Waals surface area contributed by atoms with Crippen molar-refractivity contribution >= 4 is 11.9 Å². The second-order valence-corrected chi connectivity index (χ2v) is 7.36. The number of methoxy groups -OCH3 is 1. The Balaban J connectivity index is 1.58. The third-order valence-corrected chi connectivity index (χ3v) is 5.38. The Morgan fingerprint density at radius 1 is 1.07 bits per heavy atom. The first kappa shape index (κ1) is 21.7. The fourth-order valence-corrected chi connectivity index (χ4v) is 3.70. The summed E-state index contributed by atoms with van der Waals surface area (Å²) in [5.41, 5.74) is 1.35. The topological polar surface area (TPSA) is 65.1 Å². The second-order valence-electron chi connectivity index (χ2n) is 7.36. The Morgan fingerprint density at radius 3 is 2.60 bits per heavy atom. The molecule has 1 saturated heterocycles. The van der Waals surface area contributed by atoms with E-state index in [1.54, 1.807) is 18.2 Å². The molecule has 0 N–H and O–H groups in total. The average molecular weight is 411 g/mol. The fourth-order valence-electron chi connectivity index (χ4n) is 3.70. The number of hydrogen-bond donors (Lipinski definition) is 0. The van der Waals surface area contributed by atoms with Gasteiger partial charge in [0.15, 0.2) is 18.1 Å². The van der Waals surface area contributed by atoms with Crippen molar-refractivity contribution in [2.45, 2.75) is 45.3 Å². The lowest BCUT2D eigenvalue weighted by Gasteiger charge is -2.35. The van der Waals surface area contributed by atoms with Crippen LogP contribution in [0.25, 0.3) is 0 Å². The minimum Gasteiger partial charge on any atom is -0.493 e. The monoisotopic (exact) mass is 411 g/mol. The summed E-state index contributed by atoms with van der Waals surface area (Å²) in [4.78, 5) is 26.8. The lowest BCUT2D eigenvalue weighted by molar-refractivity contribution is -0.138. The van der Waals surface area contributed by atoms with Crippen molar-refractivity contribution in [3.63, 3.8) is 0 Å². The van der Waals surface area contributed by atoms with Gasteiger partial charge in [-0.25, -0.2) is 4.79 Å². The lowest BCUT2D eigenvalue weighted by atomic mass is 10.00. The predicted octanol–water partition coefficient (Wildman–Crippen LogP) is 4.22. The number of benzene rings is 2. The van der Waals surface area contributed by atoms with Crippen molar-refractivity contribution in [3.8, 4) is 11.5 Å². The highest BCUT2D eigenvalue weighted by Gasteiger charge is 2.26. The molecule has 0 saturated carbocycles. The predicted molar refractivity (Wildman–Crippen MR) is 114 cm³/mol. The first-order valence-corrected chi connectivity index (χ1v) is 10.4. The van der Waals surface area contributed by atoms with Gasteiger partial charge >= 0.3 is 5.97 Å². The second kappa shape index (κ2) is 10.7. The van der Waals surface area contributed by atoms with Gasteiger partial charge in [0.25, 0.3) is 5.91 Å². The van der Waals surface area contributed by atoms with Gasteiger partial charge in [0.05, 0.1) is 12.7 Å². The van der Waals surface area contributed by atoms with E-state index in [2.05, 4.69) is 6.92 Å². The van der Waals surface area contributed by atoms with Crippen LogP contribution in [0.2, 0.25) is 0 Å². The van der Waals surface area contributed by atoms with Gasteiger partial charge in [0.2, 0.25) is 0 Å². The number of nitrogens with zero attached hydrogens (tertiary/aromatic N) is 1. The Labute approximate surface area is 177 Å². The number of amides is 1. The summed E-state index contributed by atoms with van der Waals surface area (Å²) >= 11 is 0. The van der Waals surface area contributed by atoms with Crippen LogP contribution < -0.4 is 9.47 Å². The molecule has 1 aliphatic heterocycles. The van der Waals surface area contributed by atoms with Gasteiger partial charge in [-0.2, -0.15) is 0 Å². The molecule has 160 valence electrons. The average Bonchev–Trinajstić information content (AvgIpc) is 2.81. The maximum atomic E-state index is 12.5. The quantitative estimate of drug-likeness (QED) is 0.609. The van der Waals surface area contributed by atoms with E-state index in [0.717, 1.165) is 37.8 Å². The molecule has 0 unspecified atom stereocenters. The first-order chi connectivity index (χ1) is 14.6. The molecular weight excluding hydrogens is 382 g/mol. The zero-order chi connectivity index (χ0) is 21.3. The molecule has 0 aromatic heterocycles. The van der Waals surface area contributed by atoms with Crippen molar-refractivity contribution in [1.82, 2.24) is 4.90 Å². The van der Waals surface area contributed by atoms with E-state index in [0.29, 0.717) is 23.7 Å². The highest BCUT2D eigenvalue weighted by molar-refractivity contribution is 5.92. The van der Waals surface area contributed by atoms with Crippen LogP contribution in [0, 0.1) is 0 Å². The van der Waals surface area contributed by atoms with E-state index in [4.69, 9.17) is 14.2 Å². The highest BCUT2D eigenvalue weighted by Crippen LogP contribution is 2.29. The van der Waals surface area contributed by atoms with E-state index in [1.807, 2.05) is 35.2 Å². The minimum absolute atomic E-state index is 0.135. The number of rotatable bonds is 8. The van der Waals surface area contributed by atoms with Crippen LogP contribution in [0.3, 0.4) is 0 Å². The van der Waals surface area contributed by atoms with Gasteiger partial charge in [-0.1, -0.05) is 37.3 Å². The molecule has 0 aliphatic carbocycles. The molecule has 1 atom stereocenters. The maximum Gasteiger partial charge on any atom is 0.338 e. The van der Waals surface area contributed by atoms with Crippen LogP contribution in [-0.4, -0.2) is 43.1 Å². The molecule has 1 amide bonds. The highest BCUT2D eigenvalue weighted by atomic mass is 16.5. The van der Waals surface area contributed by atoms with Crippen LogP contribution in [0.4, 0.5) is 0 Å². The first-order valence-electron chi connectivity index (χ1n) is 10.4. The largest absolute Gasteiger partial charge is 0.493 e. The SMILES string of the molecule is CC[C@@H]1CCCCN1C(=O)COC(=O)c1ccc(OCc2ccccc2)c(OC)c1. The number of carbonyl (C=O) groups is 2. The Kier molecular flexibility index (Phi) is 7.71. The molecule has 2 aromatic carbocycles. The number of ether oxygens (including phenoxy) is 3. The van der Waals surface area contributed by atoms with Crippen molar-refractivity contribution < 1.29 is 23.8 Å². The third kappa shape index (κ3) is 5.53. The number of piperidine rings is 1. The molecule has 1 fully saturated rings. The van der Waals surface area contributed by atoms with Gasteiger partial charge < -0.3 is 19.1 Å². The van der Waals surface area contributed by atoms with E-state index < -0.39 is 5.97 Å². The summed E-state index contributed by atoms with van der Waals surface area (Å²) in [5, 5.41) is 0. The van der Waals surface area contributed by atoms with E-state index >= 15 is 0 Å². The minimum atomic E-state index is -0.554. The van der Waals surface area contributed by atoms with Crippen molar-refractivity contribution in [3.05, 3.63) is 59.7 Å². The van der Waals surface area contributed by atoms with Crippen molar-refractivity contribution in [2.75, 3.05) is 20.3 Å². The molecule has 1 heterocycles. The summed E-state index contributed by atoms with van der Waals surface area (Å²) in [6, 6.07) is 14.9. The van der Waals surface area contributed by atoms with E-state index in [9.17, 15) is 9.59 Å². The standard InChI is InChI=1S/C24H29NO5/c1-3-20-11-7-8-14-25(20)23(26)17-30-24(27)19-12-13-21(22(15-19)28-2)29-16-18-9-5-4-6-10-18/h4-6,9-10,12-13,15,20H,3,7-8,11,14,16-17H2,1-2H3/t20-/m1/s1. The zero-order valence-corrected chi connectivity index (χ0v) is 17.6. The number of esters is 1. The molecule has 2 aromatic rings. The Hall–Kier alpha value is -3.02. The molecule has 0 spiro atoms. The Morgan fingerprint density at radius 2 is 1.87 bits per heavy atom.